The first-order valence-corrected chi connectivity index (χ1v) is 25.9. The van der Waals surface area contributed by atoms with Crippen LogP contribution in [0.4, 0.5) is 13.2 Å². The van der Waals surface area contributed by atoms with Crippen molar-refractivity contribution in [2.45, 2.75) is 92.2 Å². The molecule has 8 aromatic carbocycles. The maximum atomic E-state index is 14.6. The number of halogens is 3. The lowest BCUT2D eigenvalue weighted by Crippen LogP contribution is -2.10. The van der Waals surface area contributed by atoms with Crippen molar-refractivity contribution in [3.05, 3.63) is 203 Å². The Balaban J connectivity index is 1.09. The summed E-state index contributed by atoms with van der Waals surface area (Å²) in [6, 6.07) is 54.3. The Morgan fingerprint density at radius 3 is 1.59 bits per heavy atom. The van der Waals surface area contributed by atoms with Gasteiger partial charge in [-0.25, -0.2) is 9.97 Å². The van der Waals surface area contributed by atoms with Crippen LogP contribution in [0.2, 0.25) is 0 Å². The zero-order valence-electron chi connectivity index (χ0n) is 43.7. The molecule has 0 N–H and O–H groups in total. The van der Waals surface area contributed by atoms with E-state index in [0.717, 1.165) is 67.5 Å². The van der Waals surface area contributed by atoms with Crippen molar-refractivity contribution in [3.63, 3.8) is 0 Å². The van der Waals surface area contributed by atoms with Crippen LogP contribution in [0, 0.1) is 6.92 Å². The Hall–Kier alpha value is -8.17. The number of ether oxygens (including phenoxy) is 1. The molecule has 3 aromatic heterocycles. The maximum Gasteiger partial charge on any atom is 0.416 e. The van der Waals surface area contributed by atoms with E-state index in [-0.39, 0.29) is 29.2 Å². The Morgan fingerprint density at radius 2 is 1.01 bits per heavy atom. The molecule has 0 amide bonds. The van der Waals surface area contributed by atoms with Crippen LogP contribution in [-0.2, 0) is 6.18 Å². The van der Waals surface area contributed by atoms with Gasteiger partial charge in [-0.2, -0.15) is 13.2 Å². The molecular weight excluding hydrogens is 938 g/mol. The largest absolute Gasteiger partial charge is 0.464 e. The fraction of sp³-hybridized carbons (Fsp3) is 0.212. The third-order valence-corrected chi connectivity index (χ3v) is 14.4. The number of nitrogens with zero attached hydrogens (tertiary/aromatic N) is 4. The molecule has 0 radical (unpaired) electrons. The van der Waals surface area contributed by atoms with Crippen molar-refractivity contribution >= 4 is 33.0 Å². The third kappa shape index (κ3) is 8.98. The van der Waals surface area contributed by atoms with E-state index in [1.165, 1.54) is 28.3 Å². The summed E-state index contributed by atoms with van der Waals surface area (Å²) in [4.78, 5) is 10.5. The molecule has 0 spiro atoms. The zero-order valence-corrected chi connectivity index (χ0v) is 43.7. The van der Waals surface area contributed by atoms with Gasteiger partial charge in [0.2, 0.25) is 0 Å². The fourth-order valence-electron chi connectivity index (χ4n) is 10.8. The van der Waals surface area contributed by atoms with E-state index in [4.69, 9.17) is 19.1 Å². The molecule has 0 atom stereocenters. The summed E-state index contributed by atoms with van der Waals surface area (Å²) in [5, 5.41) is 0.751. The average molecular weight is 997 g/mol. The highest BCUT2D eigenvalue weighted by molar-refractivity contribution is 5.97. The smallest absolute Gasteiger partial charge is 0.416 e. The van der Waals surface area contributed by atoms with Gasteiger partial charge in [-0.05, 0) is 160 Å². The molecule has 11 aromatic rings. The van der Waals surface area contributed by atoms with Gasteiger partial charge in [-0.15, -0.1) is 0 Å². The summed E-state index contributed by atoms with van der Waals surface area (Å²) in [6.07, 6.45) is -2.95. The Morgan fingerprint density at radius 1 is 0.480 bits per heavy atom. The van der Waals surface area contributed by atoms with E-state index in [0.29, 0.717) is 39.6 Å². The lowest BCUT2D eigenvalue weighted by atomic mass is 9.88. The minimum atomic E-state index is -4.58. The molecule has 75 heavy (non-hydrogen) atoms. The topological polar surface area (TPSA) is 58.0 Å². The molecule has 0 unspecified atom stereocenters. The number of alkyl halides is 3. The molecular formula is C66H59F3N4O2. The highest BCUT2D eigenvalue weighted by atomic mass is 19.4. The number of rotatable bonds is 12. The normalized spacial score (nSPS) is 12.2. The molecule has 0 fully saturated rings. The van der Waals surface area contributed by atoms with Gasteiger partial charge in [0.25, 0.3) is 0 Å². The molecule has 0 saturated carbocycles. The van der Waals surface area contributed by atoms with Gasteiger partial charge < -0.3 is 9.15 Å². The first kappa shape index (κ1) is 49.1. The number of aryl methyl sites for hydroxylation is 1. The van der Waals surface area contributed by atoms with Crippen LogP contribution in [0.5, 0.6) is 11.5 Å². The van der Waals surface area contributed by atoms with E-state index < -0.39 is 11.7 Å². The van der Waals surface area contributed by atoms with Gasteiger partial charge in [-0.3, -0.25) is 9.13 Å². The second-order valence-corrected chi connectivity index (χ2v) is 21.0. The molecule has 3 heterocycles. The molecule has 9 heteroatoms. The summed E-state index contributed by atoms with van der Waals surface area (Å²) in [6.45, 7) is 19.4. The van der Waals surface area contributed by atoms with Crippen LogP contribution < -0.4 is 4.74 Å². The second-order valence-electron chi connectivity index (χ2n) is 21.0. The first-order chi connectivity index (χ1) is 36.0. The summed E-state index contributed by atoms with van der Waals surface area (Å²) in [5.74, 6) is 2.76. The highest BCUT2D eigenvalue weighted by Crippen LogP contribution is 2.46. The number of aromatic nitrogens is 4. The number of hydrogen-bond acceptors (Lipinski definition) is 4. The van der Waals surface area contributed by atoms with Crippen LogP contribution in [0.1, 0.15) is 112 Å². The standard InChI is InChI=1S/C66H59F3N4O2/c1-38(2)52-32-47(43-19-12-10-13-20-43)33-53(39(3)4)61(52)72-59-26-17-16-25-57(59)70-64(72)46-23-18-24-50(31-46)75-51-30-45-27-28-74-63(45)56(37-51)65-71-58-36-49(66(67,68)69)29-42(9)60(58)73(65)62-54(40(5)6)34-48(35-55(62)41(7)8)44-21-14-11-15-22-44/h10-41H,1-9H3. The maximum absolute atomic E-state index is 14.6. The lowest BCUT2D eigenvalue weighted by Gasteiger charge is -2.25. The van der Waals surface area contributed by atoms with Crippen LogP contribution in [0.25, 0.3) is 89.4 Å². The van der Waals surface area contributed by atoms with Gasteiger partial charge in [0.15, 0.2) is 0 Å². The fourth-order valence-corrected chi connectivity index (χ4v) is 10.8. The molecule has 376 valence electrons. The summed E-state index contributed by atoms with van der Waals surface area (Å²) < 4.78 is 61.5. The summed E-state index contributed by atoms with van der Waals surface area (Å²) in [5.41, 5.74) is 15.4. The number of furan rings is 1. The highest BCUT2D eigenvalue weighted by Gasteiger charge is 2.34. The zero-order chi connectivity index (χ0) is 52.4. The van der Waals surface area contributed by atoms with Crippen LogP contribution in [0.15, 0.2) is 174 Å². The Bertz CT molecular complexity index is 3870. The van der Waals surface area contributed by atoms with E-state index in [2.05, 4.69) is 156 Å². The van der Waals surface area contributed by atoms with Crippen molar-refractivity contribution in [2.24, 2.45) is 0 Å². The molecule has 11 rings (SSSR count). The second kappa shape index (κ2) is 19.3. The summed E-state index contributed by atoms with van der Waals surface area (Å²) in [7, 11) is 0. The molecule has 0 aliphatic heterocycles. The van der Waals surface area contributed by atoms with Crippen LogP contribution in [-0.4, -0.2) is 19.1 Å². The number of benzene rings is 8. The first-order valence-electron chi connectivity index (χ1n) is 25.9. The van der Waals surface area contributed by atoms with Gasteiger partial charge in [0.1, 0.15) is 28.7 Å². The molecule has 6 nitrogen and oxygen atoms in total. The van der Waals surface area contributed by atoms with E-state index in [1.54, 1.807) is 13.2 Å². The van der Waals surface area contributed by atoms with Gasteiger partial charge in [0.05, 0.1) is 50.8 Å². The van der Waals surface area contributed by atoms with Crippen LogP contribution >= 0.6 is 0 Å². The van der Waals surface area contributed by atoms with Crippen molar-refractivity contribution in [3.8, 4) is 67.9 Å². The predicted octanol–water partition coefficient (Wildman–Crippen LogP) is 19.4. The van der Waals surface area contributed by atoms with Crippen molar-refractivity contribution in [2.75, 3.05) is 0 Å². The van der Waals surface area contributed by atoms with Crippen molar-refractivity contribution in [1.82, 2.24) is 19.1 Å². The molecule has 0 aliphatic rings. The van der Waals surface area contributed by atoms with Gasteiger partial charge in [-0.1, -0.05) is 140 Å². The Labute approximate surface area is 436 Å². The van der Waals surface area contributed by atoms with Gasteiger partial charge in [0, 0.05) is 10.9 Å². The van der Waals surface area contributed by atoms with E-state index in [1.807, 2.05) is 60.7 Å². The van der Waals surface area contributed by atoms with E-state index in [9.17, 15) is 13.2 Å². The SMILES string of the molecule is Cc1cc(C(F)(F)F)cc2nc(-c3cc(Oc4cccc(-c5nc6ccccc6n5-c5c(C(C)C)cc(-c6ccccc6)cc5C(C)C)c4)cc4ccoc34)n(-c3c(C(C)C)cc(-c4ccccc4)cc3C(C)C)c12. The van der Waals surface area contributed by atoms with Crippen LogP contribution in [0.3, 0.4) is 0 Å². The quantitative estimate of drug-likeness (QED) is 0.122. The molecule has 0 saturated heterocycles. The van der Waals surface area contributed by atoms with E-state index >= 15 is 0 Å². The number of para-hydroxylation sites is 2. The molecule has 0 aliphatic carbocycles. The van der Waals surface area contributed by atoms with Crippen molar-refractivity contribution < 1.29 is 22.3 Å². The predicted molar refractivity (Wildman–Crippen MR) is 300 cm³/mol. The lowest BCUT2D eigenvalue weighted by molar-refractivity contribution is -0.137. The average Bonchev–Trinajstić information content (AvgIpc) is 4.16. The number of imidazole rings is 2. The number of hydrogen-bond donors (Lipinski definition) is 0. The minimum Gasteiger partial charge on any atom is -0.464 e. The third-order valence-electron chi connectivity index (χ3n) is 14.4. The van der Waals surface area contributed by atoms with Crippen molar-refractivity contribution in [1.29, 1.82) is 0 Å². The Kier molecular flexibility index (Phi) is 12.6. The van der Waals surface area contributed by atoms with Gasteiger partial charge >= 0.3 is 6.18 Å². The summed E-state index contributed by atoms with van der Waals surface area (Å²) >= 11 is 0. The molecule has 0 bridgehead atoms. The number of fused-ring (bicyclic) bond motifs is 3. The monoisotopic (exact) mass is 996 g/mol. The minimum absolute atomic E-state index is 0.0301.